The molecule has 1 fully saturated rings. The highest BCUT2D eigenvalue weighted by Gasteiger charge is 2.26. The number of halogens is 2. The highest BCUT2D eigenvalue weighted by atomic mass is 79.9. The summed E-state index contributed by atoms with van der Waals surface area (Å²) in [4.78, 5) is 14.3. The van der Waals surface area contributed by atoms with Crippen molar-refractivity contribution in [3.8, 4) is 0 Å². The van der Waals surface area contributed by atoms with E-state index in [4.69, 9.17) is 17.3 Å². The second-order valence-electron chi connectivity index (χ2n) is 5.67. The molecule has 1 saturated heterocycles. The van der Waals surface area contributed by atoms with Crippen molar-refractivity contribution in [1.82, 2.24) is 4.90 Å². The van der Waals surface area contributed by atoms with Gasteiger partial charge in [0.15, 0.2) is 0 Å². The summed E-state index contributed by atoms with van der Waals surface area (Å²) in [5.74, 6) is 1.07. The Kier molecular flexibility index (Phi) is 6.05. The van der Waals surface area contributed by atoms with Gasteiger partial charge in [-0.1, -0.05) is 34.5 Å². The molecule has 0 aromatic heterocycles. The molecule has 1 heterocycles. The van der Waals surface area contributed by atoms with Crippen LogP contribution in [0.15, 0.2) is 22.7 Å². The topological polar surface area (TPSA) is 58.4 Å². The van der Waals surface area contributed by atoms with Gasteiger partial charge in [-0.3, -0.25) is 9.69 Å². The van der Waals surface area contributed by atoms with E-state index in [2.05, 4.69) is 33.1 Å². The van der Waals surface area contributed by atoms with Crippen LogP contribution in [-0.2, 0) is 4.79 Å². The van der Waals surface area contributed by atoms with Gasteiger partial charge in [-0.2, -0.15) is 0 Å². The summed E-state index contributed by atoms with van der Waals surface area (Å²) in [5, 5.41) is 3.40. The lowest BCUT2D eigenvalue weighted by atomic mass is 9.87. The van der Waals surface area contributed by atoms with Gasteiger partial charge in [-0.05, 0) is 49.5 Å². The average molecular weight is 375 g/mol. The highest BCUT2D eigenvalue weighted by molar-refractivity contribution is 9.10. The van der Waals surface area contributed by atoms with Crippen LogP contribution in [0.25, 0.3) is 0 Å². The molecule has 2 unspecified atom stereocenters. The molecule has 0 aliphatic carbocycles. The number of nitrogens with one attached hydrogen (secondary N) is 1. The van der Waals surface area contributed by atoms with Crippen LogP contribution in [0.1, 0.15) is 13.3 Å². The van der Waals surface area contributed by atoms with E-state index in [1.165, 1.54) is 0 Å². The van der Waals surface area contributed by atoms with Crippen molar-refractivity contribution in [3.63, 3.8) is 0 Å². The first kappa shape index (κ1) is 16.7. The quantitative estimate of drug-likeness (QED) is 0.852. The second-order valence-corrected chi connectivity index (χ2v) is 6.99. The van der Waals surface area contributed by atoms with Crippen molar-refractivity contribution in [1.29, 1.82) is 0 Å². The predicted molar refractivity (Wildman–Crippen MR) is 90.5 cm³/mol. The van der Waals surface area contributed by atoms with Crippen molar-refractivity contribution >= 4 is 39.1 Å². The number of piperidine rings is 1. The molecule has 21 heavy (non-hydrogen) atoms. The summed E-state index contributed by atoms with van der Waals surface area (Å²) in [6, 6.07) is 5.42. The summed E-state index contributed by atoms with van der Waals surface area (Å²) >= 11 is 9.45. The Labute approximate surface area is 139 Å². The minimum Gasteiger partial charge on any atom is -0.330 e. The number of amides is 1. The molecule has 4 nitrogen and oxygen atoms in total. The van der Waals surface area contributed by atoms with Crippen LogP contribution < -0.4 is 11.1 Å². The van der Waals surface area contributed by atoms with Gasteiger partial charge in [0.1, 0.15) is 0 Å². The van der Waals surface area contributed by atoms with E-state index in [-0.39, 0.29) is 5.91 Å². The zero-order valence-electron chi connectivity index (χ0n) is 12.1. The normalized spacial score (nSPS) is 23.0. The standard InChI is InChI=1S/C15H21BrClN3O/c1-10-4-5-20(8-11(10)7-18)9-15(21)19-14-3-2-12(16)6-13(14)17/h2-3,6,10-11H,4-5,7-9,18H2,1H3,(H,19,21). The van der Waals surface area contributed by atoms with Gasteiger partial charge in [0, 0.05) is 11.0 Å². The van der Waals surface area contributed by atoms with Crippen LogP contribution in [0, 0.1) is 11.8 Å². The third-order valence-electron chi connectivity index (χ3n) is 4.07. The van der Waals surface area contributed by atoms with Crippen LogP contribution in [0.2, 0.25) is 5.02 Å². The number of rotatable bonds is 4. The van der Waals surface area contributed by atoms with Crippen molar-refractivity contribution in [2.24, 2.45) is 17.6 Å². The van der Waals surface area contributed by atoms with Crippen molar-refractivity contribution in [2.75, 3.05) is 31.5 Å². The van der Waals surface area contributed by atoms with Gasteiger partial charge in [0.05, 0.1) is 17.3 Å². The Hall–Kier alpha value is -0.620. The van der Waals surface area contributed by atoms with E-state index >= 15 is 0 Å². The lowest BCUT2D eigenvalue weighted by Crippen LogP contribution is -2.45. The Morgan fingerprint density at radius 2 is 2.33 bits per heavy atom. The number of anilines is 1. The number of nitrogens with zero attached hydrogens (tertiary/aromatic N) is 1. The predicted octanol–water partition coefficient (Wildman–Crippen LogP) is 2.96. The number of hydrogen-bond acceptors (Lipinski definition) is 3. The molecule has 6 heteroatoms. The molecule has 0 saturated carbocycles. The number of carbonyl (C=O) groups is 1. The minimum absolute atomic E-state index is 0.0375. The molecule has 2 atom stereocenters. The Balaban J connectivity index is 1.90. The van der Waals surface area contributed by atoms with Crippen LogP contribution >= 0.6 is 27.5 Å². The molecule has 1 aliphatic rings. The Morgan fingerprint density at radius 1 is 1.57 bits per heavy atom. The van der Waals surface area contributed by atoms with Crippen molar-refractivity contribution in [3.05, 3.63) is 27.7 Å². The highest BCUT2D eigenvalue weighted by Crippen LogP contribution is 2.26. The van der Waals surface area contributed by atoms with Gasteiger partial charge in [-0.15, -0.1) is 0 Å². The molecular formula is C15H21BrClN3O. The molecule has 0 spiro atoms. The molecule has 1 aromatic carbocycles. The Bertz CT molecular complexity index is 512. The number of likely N-dealkylation sites (tertiary alicyclic amines) is 1. The number of carbonyl (C=O) groups excluding carboxylic acids is 1. The summed E-state index contributed by atoms with van der Waals surface area (Å²) in [6.45, 7) is 5.13. The lowest BCUT2D eigenvalue weighted by molar-refractivity contribution is -0.117. The van der Waals surface area contributed by atoms with Gasteiger partial charge in [0.2, 0.25) is 5.91 Å². The molecule has 1 aromatic rings. The third-order valence-corrected chi connectivity index (χ3v) is 4.88. The molecule has 2 rings (SSSR count). The van der Waals surface area contributed by atoms with E-state index in [1.807, 2.05) is 6.07 Å². The summed E-state index contributed by atoms with van der Waals surface area (Å²) in [5.41, 5.74) is 6.44. The van der Waals surface area contributed by atoms with Crippen LogP contribution in [0.3, 0.4) is 0 Å². The molecule has 0 bridgehead atoms. The monoisotopic (exact) mass is 373 g/mol. The zero-order chi connectivity index (χ0) is 15.4. The van der Waals surface area contributed by atoms with E-state index in [0.717, 1.165) is 24.0 Å². The fraction of sp³-hybridized carbons (Fsp3) is 0.533. The maximum atomic E-state index is 12.1. The lowest BCUT2D eigenvalue weighted by Gasteiger charge is -2.36. The molecule has 3 N–H and O–H groups in total. The zero-order valence-corrected chi connectivity index (χ0v) is 14.5. The molecule has 0 radical (unpaired) electrons. The molecule has 1 amide bonds. The van der Waals surface area contributed by atoms with E-state index in [0.29, 0.717) is 35.6 Å². The first-order valence-corrected chi connectivity index (χ1v) is 8.34. The maximum absolute atomic E-state index is 12.1. The van der Waals surface area contributed by atoms with Gasteiger partial charge >= 0.3 is 0 Å². The van der Waals surface area contributed by atoms with Crippen LogP contribution in [0.5, 0.6) is 0 Å². The van der Waals surface area contributed by atoms with Gasteiger partial charge in [0.25, 0.3) is 0 Å². The first-order valence-electron chi connectivity index (χ1n) is 7.17. The summed E-state index contributed by atoms with van der Waals surface area (Å²) < 4.78 is 0.890. The SMILES string of the molecule is CC1CCN(CC(=O)Nc2ccc(Br)cc2Cl)CC1CN. The summed E-state index contributed by atoms with van der Waals surface area (Å²) in [6.07, 6.45) is 1.09. The van der Waals surface area contributed by atoms with Gasteiger partial charge in [-0.25, -0.2) is 0 Å². The maximum Gasteiger partial charge on any atom is 0.238 e. The average Bonchev–Trinajstić information content (AvgIpc) is 2.44. The fourth-order valence-corrected chi connectivity index (χ4v) is 3.38. The first-order chi connectivity index (χ1) is 9.99. The molecule has 1 aliphatic heterocycles. The van der Waals surface area contributed by atoms with Crippen LogP contribution in [-0.4, -0.2) is 37.0 Å². The van der Waals surface area contributed by atoms with E-state index < -0.39 is 0 Å². The van der Waals surface area contributed by atoms with Crippen molar-refractivity contribution in [2.45, 2.75) is 13.3 Å². The largest absolute Gasteiger partial charge is 0.330 e. The van der Waals surface area contributed by atoms with Crippen LogP contribution in [0.4, 0.5) is 5.69 Å². The minimum atomic E-state index is -0.0375. The number of nitrogens with two attached hydrogens (primary N) is 1. The molecular weight excluding hydrogens is 354 g/mol. The summed E-state index contributed by atoms with van der Waals surface area (Å²) in [7, 11) is 0. The fourth-order valence-electron chi connectivity index (χ4n) is 2.66. The van der Waals surface area contributed by atoms with E-state index in [9.17, 15) is 4.79 Å². The Morgan fingerprint density at radius 3 is 3.00 bits per heavy atom. The van der Waals surface area contributed by atoms with E-state index in [1.54, 1.807) is 12.1 Å². The number of benzene rings is 1. The smallest absolute Gasteiger partial charge is 0.238 e. The number of hydrogen-bond donors (Lipinski definition) is 2. The van der Waals surface area contributed by atoms with Crippen molar-refractivity contribution < 1.29 is 4.79 Å². The second kappa shape index (κ2) is 7.58. The molecule has 116 valence electrons. The van der Waals surface area contributed by atoms with Gasteiger partial charge < -0.3 is 11.1 Å². The third kappa shape index (κ3) is 4.68.